The molecule has 1 heterocycles. The maximum absolute atomic E-state index is 13.9. The summed E-state index contributed by atoms with van der Waals surface area (Å²) in [7, 11) is -3.55. The van der Waals surface area contributed by atoms with Gasteiger partial charge in [-0.2, -0.15) is 4.31 Å². The molecule has 0 aliphatic carbocycles. The molecule has 1 saturated heterocycles. The fraction of sp³-hybridized carbons (Fsp3) is 0.350. The Balaban J connectivity index is 1.42. The minimum atomic E-state index is -3.55. The number of ether oxygens (including phenoxy) is 1. The number of nitrogens with one attached hydrogen (secondary N) is 1. The van der Waals surface area contributed by atoms with E-state index in [0.29, 0.717) is 29.5 Å². The first-order chi connectivity index (χ1) is 14.8. The highest BCUT2D eigenvalue weighted by Gasteiger charge is 2.27. The quantitative estimate of drug-likeness (QED) is 0.616. The summed E-state index contributed by atoms with van der Waals surface area (Å²) in [5.41, 5.74) is 0.465. The number of anilines is 1. The van der Waals surface area contributed by atoms with Gasteiger partial charge in [0.05, 0.1) is 16.5 Å². The molecule has 11 heteroatoms. The summed E-state index contributed by atoms with van der Waals surface area (Å²) >= 11 is 11.8. The number of nitrogens with zero attached hydrogens (tertiary/aromatic N) is 2. The van der Waals surface area contributed by atoms with Crippen molar-refractivity contribution in [2.75, 3.05) is 50.0 Å². The highest BCUT2D eigenvalue weighted by atomic mass is 35.5. The molecule has 0 saturated carbocycles. The number of carbonyl (C=O) groups excluding carboxylic acids is 1. The van der Waals surface area contributed by atoms with Gasteiger partial charge in [0.25, 0.3) is 5.91 Å². The number of rotatable bonds is 8. The van der Waals surface area contributed by atoms with E-state index in [-0.39, 0.29) is 42.8 Å². The molecule has 3 rings (SSSR count). The molecular weight excluding hydrogens is 468 g/mol. The van der Waals surface area contributed by atoms with E-state index in [4.69, 9.17) is 27.9 Å². The number of piperazine rings is 1. The second-order valence-electron chi connectivity index (χ2n) is 6.87. The van der Waals surface area contributed by atoms with Crippen LogP contribution in [0, 0.1) is 5.82 Å². The summed E-state index contributed by atoms with van der Waals surface area (Å²) in [6.07, 6.45) is 0. The molecule has 1 aliphatic rings. The van der Waals surface area contributed by atoms with Crippen molar-refractivity contribution < 1.29 is 22.3 Å². The zero-order valence-electron chi connectivity index (χ0n) is 16.6. The lowest BCUT2D eigenvalue weighted by atomic mass is 10.2. The zero-order chi connectivity index (χ0) is 22.4. The molecule has 1 N–H and O–H groups in total. The summed E-state index contributed by atoms with van der Waals surface area (Å²) in [4.78, 5) is 13.8. The van der Waals surface area contributed by atoms with Crippen molar-refractivity contribution in [3.05, 3.63) is 58.3 Å². The number of halogens is 3. The molecule has 1 amide bonds. The molecule has 0 radical (unpaired) electrons. The van der Waals surface area contributed by atoms with Gasteiger partial charge in [0.15, 0.2) is 6.61 Å². The first kappa shape index (κ1) is 23.6. The summed E-state index contributed by atoms with van der Waals surface area (Å²) in [6, 6.07) is 11.0. The van der Waals surface area contributed by atoms with E-state index < -0.39 is 15.9 Å². The second-order valence-corrected chi connectivity index (χ2v) is 9.80. The Labute approximate surface area is 190 Å². The van der Waals surface area contributed by atoms with E-state index in [2.05, 4.69) is 5.32 Å². The molecule has 0 spiro atoms. The Bertz CT molecular complexity index is 1030. The van der Waals surface area contributed by atoms with Gasteiger partial charge in [0, 0.05) is 37.7 Å². The molecule has 0 aromatic heterocycles. The van der Waals surface area contributed by atoms with Gasteiger partial charge in [-0.3, -0.25) is 4.79 Å². The van der Waals surface area contributed by atoms with Gasteiger partial charge in [-0.1, -0.05) is 35.3 Å². The van der Waals surface area contributed by atoms with Gasteiger partial charge in [0.2, 0.25) is 10.0 Å². The molecule has 31 heavy (non-hydrogen) atoms. The molecule has 0 unspecified atom stereocenters. The van der Waals surface area contributed by atoms with Crippen LogP contribution in [0.4, 0.5) is 10.1 Å². The monoisotopic (exact) mass is 489 g/mol. The average molecular weight is 490 g/mol. The third-order valence-corrected chi connectivity index (χ3v) is 7.16. The van der Waals surface area contributed by atoms with Crippen molar-refractivity contribution in [2.24, 2.45) is 0 Å². The van der Waals surface area contributed by atoms with Crippen LogP contribution in [0.25, 0.3) is 0 Å². The fourth-order valence-electron chi connectivity index (χ4n) is 3.15. The topological polar surface area (TPSA) is 78.9 Å². The minimum Gasteiger partial charge on any atom is -0.482 e. The van der Waals surface area contributed by atoms with Gasteiger partial charge < -0.3 is 15.0 Å². The molecule has 1 aliphatic heterocycles. The smallest absolute Gasteiger partial charge is 0.257 e. The fourth-order valence-corrected chi connectivity index (χ4v) is 4.95. The Morgan fingerprint density at radius 1 is 1.10 bits per heavy atom. The van der Waals surface area contributed by atoms with Crippen LogP contribution in [0.2, 0.25) is 10.0 Å². The first-order valence-electron chi connectivity index (χ1n) is 9.58. The van der Waals surface area contributed by atoms with Crippen LogP contribution in [-0.2, 0) is 14.8 Å². The van der Waals surface area contributed by atoms with Gasteiger partial charge >= 0.3 is 0 Å². The highest BCUT2D eigenvalue weighted by molar-refractivity contribution is 7.89. The molecule has 2 aromatic carbocycles. The van der Waals surface area contributed by atoms with Crippen LogP contribution in [0.3, 0.4) is 0 Å². The third kappa shape index (κ3) is 6.46. The molecular formula is C20H22Cl2FN3O4S. The minimum absolute atomic E-state index is 0.0492. The predicted octanol–water partition coefficient (Wildman–Crippen LogP) is 2.78. The largest absolute Gasteiger partial charge is 0.482 e. The Kier molecular flexibility index (Phi) is 7.99. The van der Waals surface area contributed by atoms with Gasteiger partial charge in [-0.15, -0.1) is 0 Å². The number of hydrogen-bond donors (Lipinski definition) is 1. The van der Waals surface area contributed by atoms with Crippen molar-refractivity contribution in [3.8, 4) is 5.75 Å². The standard InChI is InChI=1S/C20H22Cl2FN3O4S/c21-15-5-6-19(16(22)13-15)30-14-20(27)24-7-12-31(28,29)26-10-8-25(9-11-26)18-4-2-1-3-17(18)23/h1-6,13H,7-12,14H2,(H,24,27). The van der Waals surface area contributed by atoms with Crippen molar-refractivity contribution >= 4 is 44.8 Å². The van der Waals surface area contributed by atoms with Gasteiger partial charge in [0.1, 0.15) is 11.6 Å². The second kappa shape index (κ2) is 10.5. The third-order valence-electron chi connectivity index (χ3n) is 4.76. The maximum Gasteiger partial charge on any atom is 0.257 e. The van der Waals surface area contributed by atoms with E-state index in [0.717, 1.165) is 0 Å². The Morgan fingerprint density at radius 2 is 1.81 bits per heavy atom. The SMILES string of the molecule is O=C(COc1ccc(Cl)cc1Cl)NCCS(=O)(=O)N1CCN(c2ccccc2F)CC1. The predicted molar refractivity (Wildman–Crippen MR) is 119 cm³/mol. The zero-order valence-corrected chi connectivity index (χ0v) is 18.9. The number of para-hydroxylation sites is 1. The van der Waals surface area contributed by atoms with Crippen LogP contribution in [0.1, 0.15) is 0 Å². The summed E-state index contributed by atoms with van der Waals surface area (Å²) in [5, 5.41) is 3.24. The number of benzene rings is 2. The van der Waals surface area contributed by atoms with Crippen LogP contribution >= 0.6 is 23.2 Å². The maximum atomic E-state index is 13.9. The van der Waals surface area contributed by atoms with Crippen LogP contribution in [-0.4, -0.2) is 63.7 Å². The lowest BCUT2D eigenvalue weighted by Gasteiger charge is -2.35. The van der Waals surface area contributed by atoms with E-state index in [9.17, 15) is 17.6 Å². The molecule has 168 valence electrons. The molecule has 0 bridgehead atoms. The summed E-state index contributed by atoms with van der Waals surface area (Å²) in [5.74, 6) is -0.726. The van der Waals surface area contributed by atoms with Crippen molar-refractivity contribution in [2.45, 2.75) is 0 Å². The van der Waals surface area contributed by atoms with Crippen LogP contribution in [0.15, 0.2) is 42.5 Å². The van der Waals surface area contributed by atoms with Crippen LogP contribution in [0.5, 0.6) is 5.75 Å². The van der Waals surface area contributed by atoms with E-state index in [1.807, 2.05) is 4.90 Å². The van der Waals surface area contributed by atoms with Crippen molar-refractivity contribution in [3.63, 3.8) is 0 Å². The molecule has 0 atom stereocenters. The van der Waals surface area contributed by atoms with Crippen LogP contribution < -0.4 is 15.0 Å². The Hall–Kier alpha value is -2.07. The van der Waals surface area contributed by atoms with Crippen molar-refractivity contribution in [1.29, 1.82) is 0 Å². The first-order valence-corrected chi connectivity index (χ1v) is 11.9. The number of hydrogen-bond acceptors (Lipinski definition) is 5. The molecule has 7 nitrogen and oxygen atoms in total. The van der Waals surface area contributed by atoms with E-state index >= 15 is 0 Å². The normalized spacial score (nSPS) is 15.0. The van der Waals surface area contributed by atoms with Gasteiger partial charge in [-0.05, 0) is 30.3 Å². The summed E-state index contributed by atoms with van der Waals surface area (Å²) in [6.45, 7) is 0.936. The lowest BCUT2D eigenvalue weighted by Crippen LogP contribution is -2.50. The number of carbonyl (C=O) groups is 1. The number of sulfonamides is 1. The lowest BCUT2D eigenvalue weighted by molar-refractivity contribution is -0.122. The Morgan fingerprint density at radius 3 is 2.48 bits per heavy atom. The highest BCUT2D eigenvalue weighted by Crippen LogP contribution is 2.27. The number of amides is 1. The molecule has 1 fully saturated rings. The molecule has 2 aromatic rings. The van der Waals surface area contributed by atoms with Gasteiger partial charge in [-0.25, -0.2) is 12.8 Å². The van der Waals surface area contributed by atoms with E-state index in [1.54, 1.807) is 30.3 Å². The van der Waals surface area contributed by atoms with E-state index in [1.165, 1.54) is 16.4 Å². The average Bonchev–Trinajstić information content (AvgIpc) is 2.73. The summed E-state index contributed by atoms with van der Waals surface area (Å²) < 4.78 is 45.7. The van der Waals surface area contributed by atoms with Crippen molar-refractivity contribution in [1.82, 2.24) is 9.62 Å².